The number of esters is 2. The van der Waals surface area contributed by atoms with Crippen LogP contribution in [-0.4, -0.2) is 32.4 Å². The van der Waals surface area contributed by atoms with Crippen LogP contribution in [0.2, 0.25) is 5.02 Å². The molecule has 0 saturated carbocycles. The van der Waals surface area contributed by atoms with Crippen LogP contribution < -0.4 is 0 Å². The van der Waals surface area contributed by atoms with Gasteiger partial charge in [-0.15, -0.1) is 0 Å². The summed E-state index contributed by atoms with van der Waals surface area (Å²) in [4.78, 5) is 34.5. The number of halogens is 1. The minimum atomic E-state index is -1.18. The van der Waals surface area contributed by atoms with Crippen molar-refractivity contribution < 1.29 is 23.9 Å². The SMILES string of the molecule is COC(=O)C(C(=O)OC)[C@H](CC=O)c1ccc(Cl)cc1. The average Bonchev–Trinajstić information content (AvgIpc) is 2.47. The third kappa shape index (κ3) is 3.81. The summed E-state index contributed by atoms with van der Waals surface area (Å²) in [6, 6.07) is 6.57. The summed E-state index contributed by atoms with van der Waals surface area (Å²) in [6.07, 6.45) is 0.647. The van der Waals surface area contributed by atoms with Crippen molar-refractivity contribution >= 4 is 29.8 Å². The highest BCUT2D eigenvalue weighted by molar-refractivity contribution is 6.30. The zero-order chi connectivity index (χ0) is 15.1. The Balaban J connectivity index is 3.19. The van der Waals surface area contributed by atoms with E-state index in [9.17, 15) is 14.4 Å². The van der Waals surface area contributed by atoms with Crippen LogP contribution in [0.1, 0.15) is 17.9 Å². The molecule has 6 heteroatoms. The van der Waals surface area contributed by atoms with Crippen molar-refractivity contribution in [2.75, 3.05) is 14.2 Å². The Morgan fingerprint density at radius 3 is 2.05 bits per heavy atom. The summed E-state index contributed by atoms with van der Waals surface area (Å²) in [5, 5.41) is 0.520. The highest BCUT2D eigenvalue weighted by atomic mass is 35.5. The smallest absolute Gasteiger partial charge is 0.320 e. The van der Waals surface area contributed by atoms with Crippen molar-refractivity contribution in [3.05, 3.63) is 34.9 Å². The molecule has 1 rings (SSSR count). The third-order valence-corrected chi connectivity index (χ3v) is 3.21. The van der Waals surface area contributed by atoms with Crippen molar-refractivity contribution in [3.63, 3.8) is 0 Å². The summed E-state index contributed by atoms with van der Waals surface area (Å²) in [5.74, 6) is -3.31. The van der Waals surface area contributed by atoms with Crippen molar-refractivity contribution in [2.24, 2.45) is 5.92 Å². The molecule has 108 valence electrons. The number of methoxy groups -OCH3 is 2. The van der Waals surface area contributed by atoms with E-state index in [4.69, 9.17) is 11.6 Å². The second-order valence-electron chi connectivity index (χ2n) is 4.08. The highest BCUT2D eigenvalue weighted by Gasteiger charge is 2.37. The summed E-state index contributed by atoms with van der Waals surface area (Å²) < 4.78 is 9.25. The Labute approximate surface area is 121 Å². The van der Waals surface area contributed by atoms with Crippen LogP contribution in [0.25, 0.3) is 0 Å². The number of hydrogen-bond donors (Lipinski definition) is 0. The van der Waals surface area contributed by atoms with Crippen LogP contribution in [-0.2, 0) is 23.9 Å². The van der Waals surface area contributed by atoms with Crippen LogP contribution >= 0.6 is 11.6 Å². The van der Waals surface area contributed by atoms with Crippen LogP contribution in [0.15, 0.2) is 24.3 Å². The normalized spacial score (nSPS) is 11.8. The van der Waals surface area contributed by atoms with Gasteiger partial charge >= 0.3 is 11.9 Å². The number of carbonyl (C=O) groups excluding carboxylic acids is 3. The summed E-state index contributed by atoms with van der Waals surface area (Å²) in [7, 11) is 2.36. The molecule has 0 unspecified atom stereocenters. The quantitative estimate of drug-likeness (QED) is 0.456. The summed E-state index contributed by atoms with van der Waals surface area (Å²) in [5.41, 5.74) is 0.641. The van der Waals surface area contributed by atoms with Gasteiger partial charge in [-0.25, -0.2) is 0 Å². The number of ether oxygens (including phenoxy) is 2. The molecule has 0 aliphatic heterocycles. The maximum absolute atomic E-state index is 11.8. The minimum Gasteiger partial charge on any atom is -0.468 e. The van der Waals surface area contributed by atoms with Gasteiger partial charge in [0.25, 0.3) is 0 Å². The first-order chi connectivity index (χ1) is 9.54. The van der Waals surface area contributed by atoms with Crippen LogP contribution in [0.4, 0.5) is 0 Å². The molecule has 0 radical (unpaired) electrons. The predicted octanol–water partition coefficient (Wildman–Crippen LogP) is 1.97. The number of benzene rings is 1. The number of carbonyl (C=O) groups is 3. The Hall–Kier alpha value is -1.88. The van der Waals surface area contributed by atoms with Crippen molar-refractivity contribution in [3.8, 4) is 0 Å². The fourth-order valence-electron chi connectivity index (χ4n) is 1.96. The fourth-order valence-corrected chi connectivity index (χ4v) is 2.08. The maximum Gasteiger partial charge on any atom is 0.320 e. The van der Waals surface area contributed by atoms with Gasteiger partial charge in [0.05, 0.1) is 14.2 Å². The summed E-state index contributed by atoms with van der Waals surface area (Å²) >= 11 is 5.80. The maximum atomic E-state index is 11.8. The lowest BCUT2D eigenvalue weighted by atomic mass is 9.84. The molecule has 0 N–H and O–H groups in total. The van der Waals surface area contributed by atoms with Gasteiger partial charge in [-0.05, 0) is 17.7 Å². The number of rotatable bonds is 6. The molecule has 0 aliphatic carbocycles. The Morgan fingerprint density at radius 2 is 1.65 bits per heavy atom. The molecular formula is C14H15ClO5. The molecule has 0 saturated heterocycles. The van der Waals surface area contributed by atoms with Gasteiger partial charge in [0.2, 0.25) is 0 Å². The van der Waals surface area contributed by atoms with Crippen molar-refractivity contribution in [1.29, 1.82) is 0 Å². The van der Waals surface area contributed by atoms with Crippen molar-refractivity contribution in [1.82, 2.24) is 0 Å². The summed E-state index contributed by atoms with van der Waals surface area (Å²) in [6.45, 7) is 0. The minimum absolute atomic E-state index is 0.00347. The van der Waals surface area contributed by atoms with Gasteiger partial charge in [0.1, 0.15) is 6.29 Å². The monoisotopic (exact) mass is 298 g/mol. The molecule has 0 fully saturated rings. The van der Waals surface area contributed by atoms with Gasteiger partial charge in [-0.1, -0.05) is 23.7 Å². The van der Waals surface area contributed by atoms with E-state index in [0.29, 0.717) is 16.9 Å². The zero-order valence-corrected chi connectivity index (χ0v) is 11.9. The van der Waals surface area contributed by atoms with E-state index in [1.54, 1.807) is 24.3 Å². The standard InChI is InChI=1S/C14H15ClO5/c1-19-13(17)12(14(18)20-2)11(7-8-16)9-3-5-10(15)6-4-9/h3-6,8,11-12H,7H2,1-2H3/t11-/m1/s1. The van der Waals surface area contributed by atoms with Gasteiger partial charge in [-0.2, -0.15) is 0 Å². The molecular weight excluding hydrogens is 284 g/mol. The Morgan fingerprint density at radius 1 is 1.15 bits per heavy atom. The van der Waals surface area contributed by atoms with E-state index in [1.165, 1.54) is 14.2 Å². The van der Waals surface area contributed by atoms with E-state index >= 15 is 0 Å². The first-order valence-electron chi connectivity index (χ1n) is 5.89. The molecule has 0 bridgehead atoms. The largest absolute Gasteiger partial charge is 0.468 e. The second-order valence-corrected chi connectivity index (χ2v) is 4.52. The van der Waals surface area contributed by atoms with Crippen molar-refractivity contribution in [2.45, 2.75) is 12.3 Å². The molecule has 20 heavy (non-hydrogen) atoms. The van der Waals surface area contributed by atoms with Gasteiger partial charge in [0.15, 0.2) is 5.92 Å². The van der Waals surface area contributed by atoms with E-state index in [-0.39, 0.29) is 6.42 Å². The predicted molar refractivity (Wildman–Crippen MR) is 72.4 cm³/mol. The Kier molecular flexibility index (Phi) is 6.18. The molecule has 0 aliphatic rings. The lowest BCUT2D eigenvalue weighted by Crippen LogP contribution is -2.32. The molecule has 5 nitrogen and oxygen atoms in total. The Bertz CT molecular complexity index is 467. The van der Waals surface area contributed by atoms with E-state index in [1.807, 2.05) is 0 Å². The van der Waals surface area contributed by atoms with Crippen LogP contribution in [0, 0.1) is 5.92 Å². The van der Waals surface area contributed by atoms with Gasteiger partial charge in [-0.3, -0.25) is 9.59 Å². The van der Waals surface area contributed by atoms with Gasteiger partial charge < -0.3 is 14.3 Å². The van der Waals surface area contributed by atoms with Crippen LogP contribution in [0.5, 0.6) is 0 Å². The van der Waals surface area contributed by atoms with Gasteiger partial charge in [0, 0.05) is 17.4 Å². The van der Waals surface area contributed by atoms with Crippen LogP contribution in [0.3, 0.4) is 0 Å². The average molecular weight is 299 g/mol. The zero-order valence-electron chi connectivity index (χ0n) is 11.2. The number of hydrogen-bond acceptors (Lipinski definition) is 5. The van der Waals surface area contributed by atoms with E-state index < -0.39 is 23.8 Å². The molecule has 0 heterocycles. The lowest BCUT2D eigenvalue weighted by molar-refractivity contribution is -0.160. The molecule has 0 amide bonds. The molecule has 0 aromatic heterocycles. The molecule has 0 spiro atoms. The fraction of sp³-hybridized carbons (Fsp3) is 0.357. The lowest BCUT2D eigenvalue weighted by Gasteiger charge is -2.22. The molecule has 1 atom stereocenters. The molecule has 1 aromatic carbocycles. The highest BCUT2D eigenvalue weighted by Crippen LogP contribution is 2.30. The van der Waals surface area contributed by atoms with E-state index in [2.05, 4.69) is 9.47 Å². The first kappa shape index (κ1) is 16.2. The third-order valence-electron chi connectivity index (χ3n) is 2.96. The molecule has 1 aromatic rings. The topological polar surface area (TPSA) is 69.7 Å². The number of aldehydes is 1. The van der Waals surface area contributed by atoms with E-state index in [0.717, 1.165) is 0 Å². The second kappa shape index (κ2) is 7.65. The first-order valence-corrected chi connectivity index (χ1v) is 6.27.